The number of carbonyl (C=O) groups is 1. The molecule has 2 aromatic heterocycles. The molecule has 0 aromatic carbocycles. The van der Waals surface area contributed by atoms with Crippen molar-refractivity contribution < 1.29 is 14.6 Å². The van der Waals surface area contributed by atoms with Gasteiger partial charge in [-0.25, -0.2) is 0 Å². The average molecular weight is 327 g/mol. The predicted molar refractivity (Wildman–Crippen MR) is 87.9 cm³/mol. The molecule has 1 amide bonds. The Labute approximate surface area is 140 Å². The van der Waals surface area contributed by atoms with Crippen molar-refractivity contribution in [1.29, 1.82) is 0 Å². The Morgan fingerprint density at radius 1 is 1.33 bits per heavy atom. The van der Waals surface area contributed by atoms with Crippen LogP contribution in [-0.4, -0.2) is 45.9 Å². The first-order chi connectivity index (χ1) is 11.7. The number of nitrogens with one attached hydrogen (secondary N) is 1. The summed E-state index contributed by atoms with van der Waals surface area (Å²) in [5, 5.41) is 13.3. The molecule has 0 unspecified atom stereocenters. The molecule has 1 saturated heterocycles. The van der Waals surface area contributed by atoms with E-state index in [-0.39, 0.29) is 23.5 Å². The lowest BCUT2D eigenvalue weighted by Gasteiger charge is -2.55. The minimum absolute atomic E-state index is 0.0130. The molecule has 4 rings (SSSR count). The van der Waals surface area contributed by atoms with E-state index in [1.54, 1.807) is 12.3 Å². The van der Waals surface area contributed by atoms with Crippen LogP contribution in [0.1, 0.15) is 29.8 Å². The van der Waals surface area contributed by atoms with Gasteiger partial charge in [-0.15, -0.1) is 0 Å². The highest BCUT2D eigenvalue weighted by molar-refractivity contribution is 5.93. The number of hydrogen-bond acceptors (Lipinski definition) is 4. The maximum absolute atomic E-state index is 12.6. The van der Waals surface area contributed by atoms with Crippen LogP contribution < -0.4 is 5.32 Å². The van der Waals surface area contributed by atoms with Crippen LogP contribution in [0.15, 0.2) is 42.9 Å². The first kappa shape index (κ1) is 15.4. The summed E-state index contributed by atoms with van der Waals surface area (Å²) in [4.78, 5) is 16.8. The second-order valence-corrected chi connectivity index (χ2v) is 6.61. The van der Waals surface area contributed by atoms with Gasteiger partial charge in [0.05, 0.1) is 6.10 Å². The fraction of sp³-hybridized carbons (Fsp3) is 0.444. The van der Waals surface area contributed by atoms with Crippen molar-refractivity contribution in [3.8, 4) is 5.69 Å². The van der Waals surface area contributed by atoms with Crippen molar-refractivity contribution in [3.63, 3.8) is 0 Å². The maximum Gasteiger partial charge on any atom is 0.270 e. The van der Waals surface area contributed by atoms with E-state index in [0.29, 0.717) is 25.3 Å². The molecule has 3 heterocycles. The van der Waals surface area contributed by atoms with E-state index < -0.39 is 0 Å². The zero-order valence-corrected chi connectivity index (χ0v) is 13.4. The van der Waals surface area contributed by atoms with E-state index in [1.807, 2.05) is 35.2 Å². The number of carbonyl (C=O) groups excluding carboxylic acids is 1. The van der Waals surface area contributed by atoms with Gasteiger partial charge < -0.3 is 19.7 Å². The first-order valence-electron chi connectivity index (χ1n) is 8.35. The van der Waals surface area contributed by atoms with Gasteiger partial charge >= 0.3 is 0 Å². The van der Waals surface area contributed by atoms with Crippen molar-refractivity contribution in [3.05, 3.63) is 48.5 Å². The quantitative estimate of drug-likeness (QED) is 0.896. The van der Waals surface area contributed by atoms with Gasteiger partial charge in [0.25, 0.3) is 5.91 Å². The lowest BCUT2D eigenvalue weighted by Crippen LogP contribution is -2.65. The molecule has 1 aliphatic carbocycles. The third kappa shape index (κ3) is 2.52. The lowest BCUT2D eigenvalue weighted by molar-refractivity contribution is -0.145. The Bertz CT molecular complexity index is 723. The highest BCUT2D eigenvalue weighted by Gasteiger charge is 2.55. The highest BCUT2D eigenvalue weighted by Crippen LogP contribution is 2.48. The normalized spacial score (nSPS) is 25.2. The molecule has 24 heavy (non-hydrogen) atoms. The Morgan fingerprint density at radius 2 is 2.08 bits per heavy atom. The number of nitrogens with zero attached hydrogens (tertiary/aromatic N) is 2. The summed E-state index contributed by atoms with van der Waals surface area (Å²) in [5.41, 5.74) is 1.06. The molecule has 126 valence electrons. The van der Waals surface area contributed by atoms with E-state index >= 15 is 0 Å². The summed E-state index contributed by atoms with van der Waals surface area (Å²) < 4.78 is 7.34. The Morgan fingerprint density at radius 3 is 2.79 bits per heavy atom. The third-order valence-electron chi connectivity index (χ3n) is 5.42. The number of aliphatic hydroxyl groups is 1. The summed E-state index contributed by atoms with van der Waals surface area (Å²) in [7, 11) is 0. The van der Waals surface area contributed by atoms with E-state index in [4.69, 9.17) is 4.74 Å². The molecule has 6 heteroatoms. The molecule has 2 N–H and O–H groups in total. The second-order valence-electron chi connectivity index (χ2n) is 6.61. The molecule has 2 fully saturated rings. The molecule has 0 bridgehead atoms. The fourth-order valence-electron chi connectivity index (χ4n) is 3.84. The van der Waals surface area contributed by atoms with Crippen LogP contribution in [0.2, 0.25) is 0 Å². The van der Waals surface area contributed by atoms with Gasteiger partial charge in [-0.1, -0.05) is 0 Å². The molecule has 2 aliphatic rings. The largest absolute Gasteiger partial charge is 0.392 e. The van der Waals surface area contributed by atoms with Gasteiger partial charge in [-0.05, 0) is 43.5 Å². The fourth-order valence-corrected chi connectivity index (χ4v) is 3.84. The standard InChI is InChI=1S/C18H21N3O3/c22-16-12-15(18(16)4-9-24-10-5-18)20-17(23)14-11-13(3-6-19-14)21-7-1-2-8-21/h1-3,6-8,11,15-16,22H,4-5,9-10,12H2,(H,20,23)/t15-,16-/m1/s1. The summed E-state index contributed by atoms with van der Waals surface area (Å²) >= 11 is 0. The molecule has 6 nitrogen and oxygen atoms in total. The summed E-state index contributed by atoms with van der Waals surface area (Å²) in [6.07, 6.45) is 7.32. The van der Waals surface area contributed by atoms with Crippen LogP contribution in [0.4, 0.5) is 0 Å². The third-order valence-corrected chi connectivity index (χ3v) is 5.42. The van der Waals surface area contributed by atoms with Crippen molar-refractivity contribution in [1.82, 2.24) is 14.9 Å². The SMILES string of the molecule is O=C(N[C@@H]1C[C@@H](O)C12CCOCC2)c1cc(-n2cccc2)ccn1. The van der Waals surface area contributed by atoms with E-state index in [0.717, 1.165) is 18.5 Å². The van der Waals surface area contributed by atoms with Crippen LogP contribution >= 0.6 is 0 Å². The predicted octanol–water partition coefficient (Wildman–Crippen LogP) is 1.53. The van der Waals surface area contributed by atoms with Crippen LogP contribution in [-0.2, 0) is 4.74 Å². The topological polar surface area (TPSA) is 76.4 Å². The van der Waals surface area contributed by atoms with Crippen LogP contribution in [0.5, 0.6) is 0 Å². The minimum atomic E-state index is -0.356. The van der Waals surface area contributed by atoms with Crippen molar-refractivity contribution in [2.45, 2.75) is 31.4 Å². The Kier molecular flexibility index (Phi) is 3.86. The summed E-state index contributed by atoms with van der Waals surface area (Å²) in [5.74, 6) is -0.188. The minimum Gasteiger partial charge on any atom is -0.392 e. The first-order valence-corrected chi connectivity index (χ1v) is 8.35. The smallest absolute Gasteiger partial charge is 0.270 e. The zero-order valence-electron chi connectivity index (χ0n) is 13.4. The number of hydrogen-bond donors (Lipinski definition) is 2. The number of amides is 1. The second kappa shape index (κ2) is 6.03. The number of ether oxygens (including phenoxy) is 1. The number of rotatable bonds is 3. The Hall–Kier alpha value is -2.18. The number of pyridine rings is 1. The zero-order chi connectivity index (χ0) is 16.6. The monoisotopic (exact) mass is 327 g/mol. The highest BCUT2D eigenvalue weighted by atomic mass is 16.5. The van der Waals surface area contributed by atoms with E-state index in [1.165, 1.54) is 0 Å². The molecular weight excluding hydrogens is 306 g/mol. The van der Waals surface area contributed by atoms with Crippen molar-refractivity contribution in [2.24, 2.45) is 5.41 Å². The van der Waals surface area contributed by atoms with Crippen LogP contribution in [0, 0.1) is 5.41 Å². The molecule has 1 saturated carbocycles. The molecule has 1 aliphatic heterocycles. The molecular formula is C18H21N3O3. The van der Waals surface area contributed by atoms with Gasteiger partial charge in [0.1, 0.15) is 5.69 Å². The Balaban J connectivity index is 1.50. The summed E-state index contributed by atoms with van der Waals surface area (Å²) in [6.45, 7) is 1.29. The van der Waals surface area contributed by atoms with Gasteiger partial charge in [-0.3, -0.25) is 9.78 Å². The van der Waals surface area contributed by atoms with Gasteiger partial charge in [0, 0.05) is 48.9 Å². The molecule has 1 spiro atoms. The van der Waals surface area contributed by atoms with Gasteiger partial charge in [0.15, 0.2) is 0 Å². The van der Waals surface area contributed by atoms with Crippen LogP contribution in [0.25, 0.3) is 5.69 Å². The molecule has 0 radical (unpaired) electrons. The van der Waals surface area contributed by atoms with Crippen molar-refractivity contribution in [2.75, 3.05) is 13.2 Å². The van der Waals surface area contributed by atoms with Crippen molar-refractivity contribution >= 4 is 5.91 Å². The van der Waals surface area contributed by atoms with Gasteiger partial charge in [0.2, 0.25) is 0 Å². The number of aliphatic hydroxyl groups excluding tert-OH is 1. The van der Waals surface area contributed by atoms with E-state index in [2.05, 4.69) is 10.3 Å². The lowest BCUT2D eigenvalue weighted by atomic mass is 9.58. The van der Waals surface area contributed by atoms with E-state index in [9.17, 15) is 9.90 Å². The molecule has 2 aromatic rings. The van der Waals surface area contributed by atoms with Gasteiger partial charge in [-0.2, -0.15) is 0 Å². The molecule has 2 atom stereocenters. The van der Waals surface area contributed by atoms with Crippen LogP contribution in [0.3, 0.4) is 0 Å². The average Bonchev–Trinajstić information content (AvgIpc) is 3.17. The number of aromatic nitrogens is 2. The maximum atomic E-state index is 12.6. The summed E-state index contributed by atoms with van der Waals surface area (Å²) in [6, 6.07) is 7.50.